The van der Waals surface area contributed by atoms with Crippen LogP contribution in [-0.4, -0.2) is 25.7 Å². The van der Waals surface area contributed by atoms with Gasteiger partial charge in [-0.05, 0) is 12.1 Å². The molecule has 0 fully saturated rings. The number of sulfonamides is 1. The van der Waals surface area contributed by atoms with E-state index in [-0.39, 0.29) is 12.3 Å². The number of nitrogens with one attached hydrogen (secondary N) is 1. The van der Waals surface area contributed by atoms with Gasteiger partial charge in [0.2, 0.25) is 10.0 Å². The van der Waals surface area contributed by atoms with Gasteiger partial charge in [-0.25, -0.2) is 8.42 Å². The third-order valence-corrected chi connectivity index (χ3v) is 3.59. The van der Waals surface area contributed by atoms with Crippen molar-refractivity contribution in [2.75, 3.05) is 17.0 Å². The largest absolute Gasteiger partial charge is 0.329 e. The van der Waals surface area contributed by atoms with Crippen molar-refractivity contribution in [2.24, 2.45) is 5.73 Å². The SMILES string of the molecule is NCCS(=O)(=O)Nc1cccc2cccnc12. The van der Waals surface area contributed by atoms with Crippen molar-refractivity contribution in [3.63, 3.8) is 0 Å². The molecule has 0 aliphatic rings. The summed E-state index contributed by atoms with van der Waals surface area (Å²) in [5.74, 6) is -0.101. The number of rotatable bonds is 4. The van der Waals surface area contributed by atoms with Gasteiger partial charge >= 0.3 is 0 Å². The van der Waals surface area contributed by atoms with Crippen LogP contribution in [0, 0.1) is 0 Å². The minimum absolute atomic E-state index is 0.0908. The number of benzene rings is 1. The first-order chi connectivity index (χ1) is 8.12. The lowest BCUT2D eigenvalue weighted by atomic mass is 10.2. The minimum atomic E-state index is -3.39. The second-order valence-corrected chi connectivity index (χ2v) is 5.43. The topological polar surface area (TPSA) is 85.1 Å². The normalized spacial score (nSPS) is 11.6. The van der Waals surface area contributed by atoms with Crippen LogP contribution in [0.1, 0.15) is 0 Å². The highest BCUT2D eigenvalue weighted by Gasteiger charge is 2.11. The molecule has 0 atom stereocenters. The monoisotopic (exact) mass is 251 g/mol. The van der Waals surface area contributed by atoms with Crippen LogP contribution in [0.25, 0.3) is 10.9 Å². The van der Waals surface area contributed by atoms with Crippen molar-refractivity contribution >= 4 is 26.6 Å². The average Bonchev–Trinajstić information content (AvgIpc) is 2.29. The van der Waals surface area contributed by atoms with Gasteiger partial charge in [0, 0.05) is 18.1 Å². The number of nitrogens with two attached hydrogens (primary N) is 1. The van der Waals surface area contributed by atoms with Crippen molar-refractivity contribution < 1.29 is 8.42 Å². The molecule has 1 heterocycles. The van der Waals surface area contributed by atoms with E-state index in [0.717, 1.165) is 5.39 Å². The van der Waals surface area contributed by atoms with Crippen LogP contribution in [0.15, 0.2) is 36.5 Å². The van der Waals surface area contributed by atoms with Gasteiger partial charge in [-0.15, -0.1) is 0 Å². The smallest absolute Gasteiger partial charge is 0.234 e. The molecule has 17 heavy (non-hydrogen) atoms. The van der Waals surface area contributed by atoms with Crippen molar-refractivity contribution in [1.82, 2.24) is 4.98 Å². The van der Waals surface area contributed by atoms with E-state index >= 15 is 0 Å². The maximum absolute atomic E-state index is 11.6. The summed E-state index contributed by atoms with van der Waals surface area (Å²) in [6, 6.07) is 9.03. The van der Waals surface area contributed by atoms with E-state index < -0.39 is 10.0 Å². The van der Waals surface area contributed by atoms with Crippen LogP contribution < -0.4 is 10.5 Å². The Morgan fingerprint density at radius 2 is 2.00 bits per heavy atom. The van der Waals surface area contributed by atoms with Crippen LogP contribution in [0.4, 0.5) is 5.69 Å². The molecule has 2 rings (SSSR count). The quantitative estimate of drug-likeness (QED) is 0.846. The van der Waals surface area contributed by atoms with E-state index in [4.69, 9.17) is 5.73 Å². The third kappa shape index (κ3) is 2.72. The fraction of sp³-hybridized carbons (Fsp3) is 0.182. The van der Waals surface area contributed by atoms with Gasteiger partial charge < -0.3 is 5.73 Å². The lowest BCUT2D eigenvalue weighted by Gasteiger charge is -2.08. The average molecular weight is 251 g/mol. The summed E-state index contributed by atoms with van der Waals surface area (Å²) < 4.78 is 25.7. The number of pyridine rings is 1. The molecule has 0 amide bonds. The van der Waals surface area contributed by atoms with Gasteiger partial charge in [0.15, 0.2) is 0 Å². The predicted molar refractivity (Wildman–Crippen MR) is 68.2 cm³/mol. The zero-order valence-corrected chi connectivity index (χ0v) is 9.94. The molecule has 0 saturated heterocycles. The van der Waals surface area contributed by atoms with Crippen LogP contribution in [0.5, 0.6) is 0 Å². The number of aromatic nitrogens is 1. The third-order valence-electron chi connectivity index (χ3n) is 2.28. The highest BCUT2D eigenvalue weighted by molar-refractivity contribution is 7.92. The molecule has 1 aromatic heterocycles. The summed E-state index contributed by atoms with van der Waals surface area (Å²) in [6.07, 6.45) is 1.63. The Morgan fingerprint density at radius 3 is 2.76 bits per heavy atom. The van der Waals surface area contributed by atoms with E-state index in [2.05, 4.69) is 9.71 Å². The number of anilines is 1. The summed E-state index contributed by atoms with van der Waals surface area (Å²) >= 11 is 0. The summed E-state index contributed by atoms with van der Waals surface area (Å²) in [4.78, 5) is 4.17. The van der Waals surface area contributed by atoms with Gasteiger partial charge in [0.1, 0.15) is 0 Å². The maximum Gasteiger partial charge on any atom is 0.234 e. The summed E-state index contributed by atoms with van der Waals surface area (Å²) in [5.41, 5.74) is 6.36. The molecule has 0 spiro atoms. The molecule has 0 radical (unpaired) electrons. The minimum Gasteiger partial charge on any atom is -0.329 e. The molecule has 90 valence electrons. The number of fused-ring (bicyclic) bond motifs is 1. The fourth-order valence-electron chi connectivity index (χ4n) is 1.56. The number of para-hydroxylation sites is 1. The molecule has 0 aliphatic carbocycles. The number of hydrogen-bond acceptors (Lipinski definition) is 4. The van der Waals surface area contributed by atoms with E-state index in [0.29, 0.717) is 11.2 Å². The summed E-state index contributed by atoms with van der Waals surface area (Å²) in [6.45, 7) is 0.0908. The zero-order chi connectivity index (χ0) is 12.3. The van der Waals surface area contributed by atoms with Gasteiger partial charge in [-0.1, -0.05) is 18.2 Å². The van der Waals surface area contributed by atoms with Crippen LogP contribution in [0.2, 0.25) is 0 Å². The Kier molecular flexibility index (Phi) is 3.26. The van der Waals surface area contributed by atoms with Gasteiger partial charge in [-0.2, -0.15) is 0 Å². The summed E-state index contributed by atoms with van der Waals surface area (Å²) in [7, 11) is -3.39. The van der Waals surface area contributed by atoms with Gasteiger partial charge in [-0.3, -0.25) is 9.71 Å². The van der Waals surface area contributed by atoms with Crippen LogP contribution >= 0.6 is 0 Å². The van der Waals surface area contributed by atoms with E-state index in [1.54, 1.807) is 24.4 Å². The van der Waals surface area contributed by atoms with E-state index in [1.165, 1.54) is 0 Å². The molecule has 2 aromatic rings. The summed E-state index contributed by atoms with van der Waals surface area (Å²) in [5, 5.41) is 0.889. The number of nitrogens with zero attached hydrogens (tertiary/aromatic N) is 1. The van der Waals surface area contributed by atoms with Crippen LogP contribution in [0.3, 0.4) is 0 Å². The second kappa shape index (κ2) is 4.68. The molecule has 0 saturated carbocycles. The molecular weight excluding hydrogens is 238 g/mol. The molecule has 5 nitrogen and oxygen atoms in total. The molecule has 0 bridgehead atoms. The molecule has 0 aliphatic heterocycles. The first kappa shape index (κ1) is 11.8. The first-order valence-corrected chi connectivity index (χ1v) is 6.82. The van der Waals surface area contributed by atoms with Crippen molar-refractivity contribution in [1.29, 1.82) is 0 Å². The molecule has 1 aromatic carbocycles. The standard InChI is InChI=1S/C11H13N3O2S/c12-6-8-17(15,16)14-10-5-1-3-9-4-2-7-13-11(9)10/h1-5,7,14H,6,8,12H2. The second-order valence-electron chi connectivity index (χ2n) is 3.59. The highest BCUT2D eigenvalue weighted by Crippen LogP contribution is 2.21. The Bertz CT molecular complexity index is 620. The zero-order valence-electron chi connectivity index (χ0n) is 9.13. The fourth-order valence-corrected chi connectivity index (χ4v) is 2.47. The van der Waals surface area contributed by atoms with Crippen molar-refractivity contribution in [3.05, 3.63) is 36.5 Å². The molecule has 3 N–H and O–H groups in total. The van der Waals surface area contributed by atoms with Crippen molar-refractivity contribution in [2.45, 2.75) is 0 Å². The molecular formula is C11H13N3O2S. The Balaban J connectivity index is 2.43. The predicted octanol–water partition coefficient (Wildman–Crippen LogP) is 0.935. The Labute approximate surface area is 99.7 Å². The molecule has 6 heteroatoms. The van der Waals surface area contributed by atoms with Crippen LogP contribution in [-0.2, 0) is 10.0 Å². The lowest BCUT2D eigenvalue weighted by molar-refractivity contribution is 0.601. The lowest BCUT2D eigenvalue weighted by Crippen LogP contribution is -2.22. The first-order valence-electron chi connectivity index (χ1n) is 5.17. The number of hydrogen-bond donors (Lipinski definition) is 2. The van der Waals surface area contributed by atoms with Crippen molar-refractivity contribution in [3.8, 4) is 0 Å². The highest BCUT2D eigenvalue weighted by atomic mass is 32.2. The Hall–Kier alpha value is -1.66. The van der Waals surface area contributed by atoms with E-state index in [9.17, 15) is 8.42 Å². The Morgan fingerprint density at radius 1 is 1.24 bits per heavy atom. The maximum atomic E-state index is 11.6. The van der Waals surface area contributed by atoms with Gasteiger partial charge in [0.05, 0.1) is 17.0 Å². The van der Waals surface area contributed by atoms with Gasteiger partial charge in [0.25, 0.3) is 0 Å². The molecule has 0 unspecified atom stereocenters. The van der Waals surface area contributed by atoms with E-state index in [1.807, 2.05) is 12.1 Å².